The van der Waals surface area contributed by atoms with Gasteiger partial charge >= 0.3 is 12.1 Å². The fraction of sp³-hybridized carbons (Fsp3) is 0.879. The van der Waals surface area contributed by atoms with Crippen molar-refractivity contribution in [3.63, 3.8) is 0 Å². The summed E-state index contributed by atoms with van der Waals surface area (Å²) in [4.78, 5) is 47.6. The number of carbonyl (C=O) groups is 4. The summed E-state index contributed by atoms with van der Waals surface area (Å²) in [6.45, 7) is 5.63. The predicted octanol–water partition coefficient (Wildman–Crippen LogP) is 8.43. The Kier molecular flexibility index (Phi) is 29.2. The molecule has 0 bridgehead atoms. The maximum absolute atomic E-state index is 11.9. The largest absolute Gasteiger partial charge is 0.338 e. The van der Waals surface area contributed by atoms with Gasteiger partial charge in [-0.3, -0.25) is 20.2 Å². The average Bonchev–Trinajstić information content (AvgIpc) is 2.94. The lowest BCUT2D eigenvalue weighted by Gasteiger charge is -2.08. The Bertz CT molecular complexity index is 603. The Morgan fingerprint density at radius 2 is 0.634 bits per heavy atom. The first kappa shape index (κ1) is 38.9. The first-order chi connectivity index (χ1) is 20.0. The molecular formula is C33H64N4O4. The minimum Gasteiger partial charge on any atom is -0.338 e. The van der Waals surface area contributed by atoms with Crippen LogP contribution in [0.5, 0.6) is 0 Å². The number of nitrogens with one attached hydrogen (secondary N) is 4. The number of unbranched alkanes of at least 4 members (excludes halogenated alkanes) is 20. The molecule has 0 saturated carbocycles. The van der Waals surface area contributed by atoms with E-state index in [-0.39, 0.29) is 24.7 Å². The third-order valence-corrected chi connectivity index (χ3v) is 7.45. The van der Waals surface area contributed by atoms with Crippen LogP contribution in [0.2, 0.25) is 0 Å². The van der Waals surface area contributed by atoms with Gasteiger partial charge in [-0.1, -0.05) is 136 Å². The second kappa shape index (κ2) is 30.8. The van der Waals surface area contributed by atoms with Gasteiger partial charge in [-0.05, 0) is 25.7 Å². The standard InChI is InChI=1S/C33H64N4O4/c1-3-5-7-9-11-13-15-17-19-24-28-34-32(40)36-30(38)26-22-21-23-27-31(39)37-33(41)35-29-25-20-18-16-14-12-10-8-6-4-2/h3-29H2,1-2H3,(H2,34,36,38,40)(H2,35,37,39,41). The van der Waals surface area contributed by atoms with Crippen molar-refractivity contribution in [1.82, 2.24) is 21.3 Å². The molecule has 41 heavy (non-hydrogen) atoms. The van der Waals surface area contributed by atoms with E-state index in [1.807, 2.05) is 0 Å². The molecule has 0 aromatic carbocycles. The molecule has 8 heteroatoms. The quantitative estimate of drug-likeness (QED) is 0.0695. The van der Waals surface area contributed by atoms with Gasteiger partial charge in [-0.15, -0.1) is 0 Å². The topological polar surface area (TPSA) is 116 Å². The summed E-state index contributed by atoms with van der Waals surface area (Å²) in [6.07, 6.45) is 27.2. The van der Waals surface area contributed by atoms with Crippen LogP contribution >= 0.6 is 0 Å². The Morgan fingerprint density at radius 1 is 0.366 bits per heavy atom. The van der Waals surface area contributed by atoms with Gasteiger partial charge in [0.05, 0.1) is 0 Å². The maximum Gasteiger partial charge on any atom is 0.321 e. The Morgan fingerprint density at radius 3 is 0.951 bits per heavy atom. The van der Waals surface area contributed by atoms with Crippen molar-refractivity contribution in [2.75, 3.05) is 13.1 Å². The number of amides is 6. The highest BCUT2D eigenvalue weighted by Gasteiger charge is 2.09. The summed E-state index contributed by atoms with van der Waals surface area (Å²) in [6, 6.07) is -0.872. The summed E-state index contributed by atoms with van der Waals surface area (Å²) < 4.78 is 0. The molecular weight excluding hydrogens is 516 g/mol. The lowest BCUT2D eigenvalue weighted by atomic mass is 10.1. The van der Waals surface area contributed by atoms with Crippen molar-refractivity contribution in [2.45, 2.75) is 174 Å². The first-order valence-corrected chi connectivity index (χ1v) is 17.1. The van der Waals surface area contributed by atoms with E-state index >= 15 is 0 Å². The van der Waals surface area contributed by atoms with E-state index in [0.717, 1.165) is 25.7 Å². The van der Waals surface area contributed by atoms with Crippen molar-refractivity contribution in [3.8, 4) is 0 Å². The van der Waals surface area contributed by atoms with Gasteiger partial charge in [-0.2, -0.15) is 0 Å². The van der Waals surface area contributed by atoms with Crippen LogP contribution in [0.4, 0.5) is 9.59 Å². The van der Waals surface area contributed by atoms with E-state index in [9.17, 15) is 19.2 Å². The fourth-order valence-electron chi connectivity index (χ4n) is 4.84. The maximum atomic E-state index is 11.9. The summed E-state index contributed by atoms with van der Waals surface area (Å²) in [5, 5.41) is 10.2. The van der Waals surface area contributed by atoms with E-state index in [1.165, 1.54) is 103 Å². The molecule has 4 N–H and O–H groups in total. The molecule has 6 amide bonds. The van der Waals surface area contributed by atoms with Crippen LogP contribution in [0.15, 0.2) is 0 Å². The predicted molar refractivity (Wildman–Crippen MR) is 170 cm³/mol. The van der Waals surface area contributed by atoms with E-state index in [4.69, 9.17) is 0 Å². The third-order valence-electron chi connectivity index (χ3n) is 7.45. The van der Waals surface area contributed by atoms with Crippen LogP contribution in [0.1, 0.15) is 174 Å². The molecule has 0 aliphatic heterocycles. The normalized spacial score (nSPS) is 10.8. The van der Waals surface area contributed by atoms with Crippen molar-refractivity contribution in [3.05, 3.63) is 0 Å². The molecule has 0 unspecified atom stereocenters. The number of urea groups is 2. The molecule has 8 nitrogen and oxygen atoms in total. The van der Waals surface area contributed by atoms with E-state index in [2.05, 4.69) is 35.1 Å². The molecule has 0 spiro atoms. The second-order valence-electron chi connectivity index (χ2n) is 11.5. The molecule has 0 aromatic rings. The lowest BCUT2D eigenvalue weighted by molar-refractivity contribution is -0.120. The highest BCUT2D eigenvalue weighted by molar-refractivity contribution is 5.94. The Balaban J connectivity index is 3.50. The average molecular weight is 581 g/mol. The Labute approximate surface area is 251 Å². The van der Waals surface area contributed by atoms with Gasteiger partial charge < -0.3 is 10.6 Å². The zero-order valence-corrected chi connectivity index (χ0v) is 26.7. The molecule has 0 heterocycles. The zero-order chi connectivity index (χ0) is 30.2. The summed E-state index contributed by atoms with van der Waals surface area (Å²) in [7, 11) is 0. The van der Waals surface area contributed by atoms with Gasteiger partial charge in [0.25, 0.3) is 0 Å². The summed E-state index contributed by atoms with van der Waals surface area (Å²) in [5.41, 5.74) is 0. The highest BCUT2D eigenvalue weighted by atomic mass is 16.2. The fourth-order valence-corrected chi connectivity index (χ4v) is 4.84. The number of rotatable bonds is 28. The van der Waals surface area contributed by atoms with Crippen molar-refractivity contribution >= 4 is 23.9 Å². The van der Waals surface area contributed by atoms with E-state index in [0.29, 0.717) is 32.4 Å². The molecule has 0 aliphatic rings. The molecule has 0 atom stereocenters. The number of carbonyl (C=O) groups excluding carboxylic acids is 4. The van der Waals surface area contributed by atoms with Gasteiger partial charge in [-0.25, -0.2) is 9.59 Å². The molecule has 240 valence electrons. The molecule has 0 radical (unpaired) electrons. The highest BCUT2D eigenvalue weighted by Crippen LogP contribution is 2.11. The number of hydrogen-bond donors (Lipinski definition) is 4. The van der Waals surface area contributed by atoms with Crippen molar-refractivity contribution < 1.29 is 19.2 Å². The van der Waals surface area contributed by atoms with Crippen LogP contribution in [-0.2, 0) is 9.59 Å². The number of imide groups is 2. The van der Waals surface area contributed by atoms with Crippen LogP contribution in [0, 0.1) is 0 Å². The molecule has 0 fully saturated rings. The first-order valence-electron chi connectivity index (χ1n) is 17.1. The van der Waals surface area contributed by atoms with E-state index in [1.54, 1.807) is 0 Å². The van der Waals surface area contributed by atoms with Crippen LogP contribution in [0.3, 0.4) is 0 Å². The monoisotopic (exact) mass is 580 g/mol. The minimum atomic E-state index is -0.436. The molecule has 0 aliphatic carbocycles. The summed E-state index contributed by atoms with van der Waals surface area (Å²) >= 11 is 0. The van der Waals surface area contributed by atoms with Crippen molar-refractivity contribution in [1.29, 1.82) is 0 Å². The molecule has 0 rings (SSSR count). The van der Waals surface area contributed by atoms with Gasteiger partial charge in [0.15, 0.2) is 0 Å². The van der Waals surface area contributed by atoms with Gasteiger partial charge in [0.1, 0.15) is 0 Å². The van der Waals surface area contributed by atoms with Crippen LogP contribution < -0.4 is 21.3 Å². The van der Waals surface area contributed by atoms with Crippen LogP contribution in [-0.4, -0.2) is 37.0 Å². The zero-order valence-electron chi connectivity index (χ0n) is 26.7. The second-order valence-corrected chi connectivity index (χ2v) is 11.5. The SMILES string of the molecule is CCCCCCCCCCCCNC(=O)NC(=O)CCCCCC(=O)NC(=O)NCCCCCCCCCCCC. The van der Waals surface area contributed by atoms with Gasteiger partial charge in [0, 0.05) is 25.9 Å². The smallest absolute Gasteiger partial charge is 0.321 e. The van der Waals surface area contributed by atoms with Crippen LogP contribution in [0.25, 0.3) is 0 Å². The Hall–Kier alpha value is -2.12. The van der Waals surface area contributed by atoms with Gasteiger partial charge in [0.2, 0.25) is 11.8 Å². The third kappa shape index (κ3) is 30.7. The minimum absolute atomic E-state index is 0.243. The lowest BCUT2D eigenvalue weighted by Crippen LogP contribution is -2.40. The summed E-state index contributed by atoms with van der Waals surface area (Å²) in [5.74, 6) is -0.609. The van der Waals surface area contributed by atoms with E-state index < -0.39 is 12.1 Å². The molecule has 0 saturated heterocycles. The molecule has 0 aromatic heterocycles. The van der Waals surface area contributed by atoms with Crippen molar-refractivity contribution in [2.24, 2.45) is 0 Å². The number of hydrogen-bond acceptors (Lipinski definition) is 4.